The summed E-state index contributed by atoms with van der Waals surface area (Å²) in [5.74, 6) is -0.621. The zero-order chi connectivity index (χ0) is 21.7. The van der Waals surface area contributed by atoms with Crippen molar-refractivity contribution in [1.82, 2.24) is 9.97 Å². The number of benzene rings is 2. The number of hydrogen-bond donors (Lipinski definition) is 0. The second-order valence-corrected chi connectivity index (χ2v) is 7.18. The van der Waals surface area contributed by atoms with E-state index in [1.165, 1.54) is 13.2 Å². The number of aromatic nitrogens is 2. The summed E-state index contributed by atoms with van der Waals surface area (Å²) >= 11 is 0. The Kier molecular flexibility index (Phi) is 6.60. The molecule has 4 nitrogen and oxygen atoms in total. The van der Waals surface area contributed by atoms with E-state index < -0.39 is 5.41 Å². The van der Waals surface area contributed by atoms with E-state index in [2.05, 4.69) is 16.0 Å². The van der Waals surface area contributed by atoms with Gasteiger partial charge in [0, 0.05) is 12.4 Å². The third kappa shape index (κ3) is 3.84. The van der Waals surface area contributed by atoms with Crippen LogP contribution in [0.25, 0.3) is 16.6 Å². The van der Waals surface area contributed by atoms with Gasteiger partial charge in [0.1, 0.15) is 5.82 Å². The molecule has 4 rings (SSSR count). The second kappa shape index (κ2) is 9.16. The first-order valence-electron chi connectivity index (χ1n) is 10.3. The summed E-state index contributed by atoms with van der Waals surface area (Å²) in [5.41, 5.74) is 4.27. The number of rotatable bonds is 3. The molecule has 156 valence electrons. The monoisotopic (exact) mass is 406 g/mol. The predicted molar refractivity (Wildman–Crippen MR) is 118 cm³/mol. The Labute approximate surface area is 176 Å². The highest BCUT2D eigenvalue weighted by atomic mass is 19.1. The summed E-state index contributed by atoms with van der Waals surface area (Å²) < 4.78 is 19.3. The summed E-state index contributed by atoms with van der Waals surface area (Å²) in [6.07, 6.45) is 7.15. The fourth-order valence-electron chi connectivity index (χ4n) is 4.14. The number of ether oxygens (including phenoxy) is 1. The highest BCUT2D eigenvalue weighted by Crippen LogP contribution is 2.44. The van der Waals surface area contributed by atoms with Gasteiger partial charge in [0.25, 0.3) is 0 Å². The van der Waals surface area contributed by atoms with Crippen LogP contribution in [0.3, 0.4) is 0 Å². The number of carbonyl (C=O) groups is 1. The second-order valence-electron chi connectivity index (χ2n) is 7.18. The van der Waals surface area contributed by atoms with Crippen molar-refractivity contribution in [3.8, 4) is 0 Å². The number of halogens is 1. The smallest absolute Gasteiger partial charge is 0.316 e. The summed E-state index contributed by atoms with van der Waals surface area (Å²) in [6, 6.07) is 10.9. The minimum Gasteiger partial charge on any atom is -0.468 e. The molecule has 30 heavy (non-hydrogen) atoms. The van der Waals surface area contributed by atoms with Gasteiger partial charge in [-0.05, 0) is 66.6 Å². The van der Waals surface area contributed by atoms with Gasteiger partial charge in [0.15, 0.2) is 0 Å². The topological polar surface area (TPSA) is 52.1 Å². The molecule has 3 aromatic rings. The van der Waals surface area contributed by atoms with Crippen LogP contribution in [0.5, 0.6) is 0 Å². The normalized spacial score (nSPS) is 18.2. The fraction of sp³-hybridized carbons (Fsp3) is 0.320. The molecular formula is C25H27FN2O2. The van der Waals surface area contributed by atoms with Crippen LogP contribution >= 0.6 is 0 Å². The molecule has 0 bridgehead atoms. The lowest BCUT2D eigenvalue weighted by molar-refractivity contribution is -0.148. The molecule has 1 heterocycles. The summed E-state index contributed by atoms with van der Waals surface area (Å²) in [6.45, 7) is 5.72. The van der Waals surface area contributed by atoms with E-state index in [9.17, 15) is 9.18 Å². The third-order valence-electron chi connectivity index (χ3n) is 5.72. The molecule has 0 saturated carbocycles. The highest BCUT2D eigenvalue weighted by molar-refractivity contribution is 5.87. The Bertz CT molecular complexity index is 1090. The van der Waals surface area contributed by atoms with E-state index in [1.807, 2.05) is 38.1 Å². The van der Waals surface area contributed by atoms with Crippen LogP contribution in [0.4, 0.5) is 4.39 Å². The molecule has 0 spiro atoms. The molecule has 1 aliphatic carbocycles. The Morgan fingerprint density at radius 2 is 1.83 bits per heavy atom. The van der Waals surface area contributed by atoms with Gasteiger partial charge in [0.05, 0.1) is 23.6 Å². The van der Waals surface area contributed by atoms with Crippen molar-refractivity contribution in [3.05, 3.63) is 77.4 Å². The lowest BCUT2D eigenvalue weighted by Crippen LogP contribution is -2.39. The number of allylic oxidation sites excluding steroid dienone is 2. The van der Waals surface area contributed by atoms with Gasteiger partial charge < -0.3 is 4.74 Å². The first kappa shape index (κ1) is 21.6. The predicted octanol–water partition coefficient (Wildman–Crippen LogP) is 5.78. The average molecular weight is 407 g/mol. The van der Waals surface area contributed by atoms with Crippen LogP contribution < -0.4 is 0 Å². The van der Waals surface area contributed by atoms with Gasteiger partial charge in [-0.25, -0.2) is 4.39 Å². The molecule has 1 atom stereocenters. The van der Waals surface area contributed by atoms with Gasteiger partial charge in [-0.2, -0.15) is 0 Å². The SMILES string of the molecule is CC.COC(=O)C1(c2cccc(F)c2C)CC=C(c2ccc3nccnc3c2)CC1. The maximum Gasteiger partial charge on any atom is 0.316 e. The molecule has 0 fully saturated rings. The Balaban J connectivity index is 0.00000124. The molecular weight excluding hydrogens is 379 g/mol. The quantitative estimate of drug-likeness (QED) is 0.517. The fourth-order valence-corrected chi connectivity index (χ4v) is 4.14. The van der Waals surface area contributed by atoms with Crippen molar-refractivity contribution in [2.45, 2.75) is 45.4 Å². The Hall–Kier alpha value is -3.08. The molecule has 0 radical (unpaired) electrons. The molecule has 0 aliphatic heterocycles. The maximum absolute atomic E-state index is 14.2. The van der Waals surface area contributed by atoms with Crippen LogP contribution in [-0.4, -0.2) is 23.0 Å². The first-order chi connectivity index (χ1) is 14.5. The van der Waals surface area contributed by atoms with Crippen molar-refractivity contribution >= 4 is 22.6 Å². The van der Waals surface area contributed by atoms with Gasteiger partial charge >= 0.3 is 5.97 Å². The molecule has 0 N–H and O–H groups in total. The number of esters is 1. The minimum atomic E-state index is -0.860. The molecule has 1 unspecified atom stereocenters. The van der Waals surface area contributed by atoms with Gasteiger partial charge in [-0.15, -0.1) is 0 Å². The summed E-state index contributed by atoms with van der Waals surface area (Å²) in [5, 5.41) is 0. The number of fused-ring (bicyclic) bond motifs is 1. The van der Waals surface area contributed by atoms with Gasteiger partial charge in [0.2, 0.25) is 0 Å². The molecule has 1 aliphatic rings. The number of methoxy groups -OCH3 is 1. The summed E-state index contributed by atoms with van der Waals surface area (Å²) in [7, 11) is 1.39. The van der Waals surface area contributed by atoms with Crippen molar-refractivity contribution in [3.63, 3.8) is 0 Å². The number of hydrogen-bond acceptors (Lipinski definition) is 4. The average Bonchev–Trinajstić information content (AvgIpc) is 2.81. The van der Waals surface area contributed by atoms with E-state index in [0.717, 1.165) is 22.2 Å². The lowest BCUT2D eigenvalue weighted by Gasteiger charge is -2.35. The standard InChI is InChI=1S/C23H21FN2O2.C2H6/c1-15-18(4-3-5-19(15)24)23(22(27)28-2)10-8-16(9-11-23)17-6-7-20-21(14-17)26-13-12-25-20;1-2/h3-8,12-14H,9-11H2,1-2H3;1-2H3. The van der Waals surface area contributed by atoms with Gasteiger partial charge in [-0.3, -0.25) is 14.8 Å². The highest BCUT2D eigenvalue weighted by Gasteiger charge is 2.43. The van der Waals surface area contributed by atoms with Crippen LogP contribution in [-0.2, 0) is 14.9 Å². The van der Waals surface area contributed by atoms with Crippen molar-refractivity contribution in [2.24, 2.45) is 0 Å². The Morgan fingerprint density at radius 3 is 2.50 bits per heavy atom. The van der Waals surface area contributed by atoms with Crippen LogP contribution in [0.1, 0.15) is 49.8 Å². The maximum atomic E-state index is 14.2. The molecule has 2 aromatic carbocycles. The minimum absolute atomic E-state index is 0.302. The molecule has 0 amide bonds. The summed E-state index contributed by atoms with van der Waals surface area (Å²) in [4.78, 5) is 21.5. The van der Waals surface area contributed by atoms with E-state index in [0.29, 0.717) is 30.4 Å². The number of carbonyl (C=O) groups excluding carboxylic acids is 1. The zero-order valence-electron chi connectivity index (χ0n) is 17.9. The van der Waals surface area contributed by atoms with Crippen molar-refractivity contribution < 1.29 is 13.9 Å². The van der Waals surface area contributed by atoms with E-state index in [1.54, 1.807) is 25.4 Å². The zero-order valence-corrected chi connectivity index (χ0v) is 17.9. The van der Waals surface area contributed by atoms with E-state index in [4.69, 9.17) is 4.74 Å². The number of nitrogens with zero attached hydrogens (tertiary/aromatic N) is 2. The van der Waals surface area contributed by atoms with Crippen LogP contribution in [0, 0.1) is 12.7 Å². The third-order valence-corrected chi connectivity index (χ3v) is 5.72. The van der Waals surface area contributed by atoms with Crippen LogP contribution in [0.15, 0.2) is 54.9 Å². The molecule has 0 saturated heterocycles. The first-order valence-corrected chi connectivity index (χ1v) is 10.3. The molecule has 5 heteroatoms. The Morgan fingerprint density at radius 1 is 1.10 bits per heavy atom. The van der Waals surface area contributed by atoms with E-state index >= 15 is 0 Å². The largest absolute Gasteiger partial charge is 0.468 e. The molecule has 1 aromatic heterocycles. The van der Waals surface area contributed by atoms with Crippen molar-refractivity contribution in [2.75, 3.05) is 7.11 Å². The lowest BCUT2D eigenvalue weighted by atomic mass is 9.68. The van der Waals surface area contributed by atoms with E-state index in [-0.39, 0.29) is 11.8 Å². The van der Waals surface area contributed by atoms with Crippen LogP contribution in [0.2, 0.25) is 0 Å². The van der Waals surface area contributed by atoms with Crippen molar-refractivity contribution in [1.29, 1.82) is 0 Å². The van der Waals surface area contributed by atoms with Gasteiger partial charge in [-0.1, -0.05) is 38.1 Å².